The van der Waals surface area contributed by atoms with E-state index in [0.29, 0.717) is 65.6 Å². The molecular weight excluding hydrogens is 636 g/mol. The minimum absolute atomic E-state index is 0.0131. The quantitative estimate of drug-likeness (QED) is 0.148. The number of unbranched alkanes of at least 4 members (excludes halogenated alkanes) is 1. The molecule has 6 heteroatoms. The normalized spacial score (nSPS) is 40.0. The van der Waals surface area contributed by atoms with Crippen molar-refractivity contribution in [1.82, 2.24) is 10.2 Å². The Morgan fingerprint density at radius 2 is 1.88 bits per heavy atom. The Kier molecular flexibility index (Phi) is 11.2. The van der Waals surface area contributed by atoms with Crippen LogP contribution in [0, 0.1) is 51.2 Å². The second-order valence-electron chi connectivity index (χ2n) is 19.4. The number of carbonyl (C=O) groups is 2. The minimum Gasteiger partial charge on any atom is -0.481 e. The first-order valence-corrected chi connectivity index (χ1v) is 21.1. The zero-order valence-electron chi connectivity index (χ0n) is 33.2. The highest BCUT2D eigenvalue weighted by Crippen LogP contribution is 2.72. The first-order chi connectivity index (χ1) is 24.2. The van der Waals surface area contributed by atoms with E-state index in [1.807, 2.05) is 0 Å². The third-order valence-electron chi connectivity index (χ3n) is 16.8. The highest BCUT2D eigenvalue weighted by atomic mass is 19.1. The third kappa shape index (κ3) is 6.62. The number of allylic oxidation sites excluding steroid dienone is 5. The topological polar surface area (TPSA) is 69.6 Å². The van der Waals surface area contributed by atoms with Crippen LogP contribution in [0.3, 0.4) is 0 Å². The fourth-order valence-corrected chi connectivity index (χ4v) is 13.2. The van der Waals surface area contributed by atoms with Gasteiger partial charge in [-0.3, -0.25) is 9.59 Å². The third-order valence-corrected chi connectivity index (χ3v) is 16.8. The smallest absolute Gasteiger partial charge is 0.312 e. The van der Waals surface area contributed by atoms with Crippen molar-refractivity contribution in [3.63, 3.8) is 0 Å². The molecule has 5 nitrogen and oxygen atoms in total. The van der Waals surface area contributed by atoms with E-state index < -0.39 is 18.1 Å². The summed E-state index contributed by atoms with van der Waals surface area (Å²) in [6.07, 6.45) is 22.2. The summed E-state index contributed by atoms with van der Waals surface area (Å²) >= 11 is 0. The Hall–Kier alpha value is -1.95. The van der Waals surface area contributed by atoms with E-state index in [-0.39, 0.29) is 11.0 Å². The summed E-state index contributed by atoms with van der Waals surface area (Å²) in [6, 6.07) is 0. The van der Waals surface area contributed by atoms with E-state index in [1.165, 1.54) is 74.5 Å². The number of amides is 1. The fourth-order valence-electron chi connectivity index (χ4n) is 13.2. The molecule has 1 amide bonds. The number of nitrogens with one attached hydrogen (secondary N) is 1. The monoisotopic (exact) mass is 707 g/mol. The van der Waals surface area contributed by atoms with Crippen molar-refractivity contribution in [3.05, 3.63) is 35.5 Å². The molecule has 1 aliphatic heterocycles. The van der Waals surface area contributed by atoms with E-state index in [1.54, 1.807) is 0 Å². The maximum Gasteiger partial charge on any atom is 0.312 e. The second-order valence-corrected chi connectivity index (χ2v) is 19.4. The van der Waals surface area contributed by atoms with Gasteiger partial charge >= 0.3 is 5.97 Å². The van der Waals surface area contributed by atoms with Gasteiger partial charge in [0.2, 0.25) is 5.91 Å². The molecule has 0 aromatic heterocycles. The number of fused-ring (bicyclic) bond motifs is 5. The van der Waals surface area contributed by atoms with Crippen molar-refractivity contribution in [2.45, 2.75) is 156 Å². The van der Waals surface area contributed by atoms with E-state index in [4.69, 9.17) is 0 Å². The number of carboxylic acids is 1. The van der Waals surface area contributed by atoms with Gasteiger partial charge in [0.25, 0.3) is 0 Å². The molecule has 51 heavy (non-hydrogen) atoms. The molecule has 2 N–H and O–H groups in total. The van der Waals surface area contributed by atoms with E-state index in [9.17, 15) is 19.1 Å². The number of halogens is 1. The molecule has 0 aromatic rings. The maximum atomic E-state index is 14.0. The van der Waals surface area contributed by atoms with Gasteiger partial charge in [0, 0.05) is 25.0 Å². The lowest BCUT2D eigenvalue weighted by atomic mass is 9.38. The van der Waals surface area contributed by atoms with Crippen molar-refractivity contribution in [2.75, 3.05) is 26.3 Å². The molecule has 0 spiro atoms. The van der Waals surface area contributed by atoms with Crippen LogP contribution in [0.25, 0.3) is 0 Å². The van der Waals surface area contributed by atoms with E-state index in [2.05, 4.69) is 70.5 Å². The molecule has 6 rings (SSSR count). The number of likely N-dealkylation sites (tertiary alicyclic amines) is 1. The predicted octanol–water partition coefficient (Wildman–Crippen LogP) is 10.5. The molecule has 0 bridgehead atoms. The Labute approximate surface area is 309 Å². The summed E-state index contributed by atoms with van der Waals surface area (Å²) < 4.78 is 14.0. The van der Waals surface area contributed by atoms with Gasteiger partial charge in [-0.15, -0.1) is 0 Å². The minimum atomic E-state index is -1.26. The molecule has 0 radical (unpaired) electrons. The van der Waals surface area contributed by atoms with Crippen LogP contribution in [0.15, 0.2) is 35.5 Å². The highest BCUT2D eigenvalue weighted by Gasteiger charge is 2.66. The number of nitrogens with zero attached hydrogens (tertiary/aromatic N) is 1. The van der Waals surface area contributed by atoms with E-state index in [0.717, 1.165) is 51.7 Å². The maximum absolute atomic E-state index is 14.0. The first kappa shape index (κ1) is 38.8. The van der Waals surface area contributed by atoms with Crippen molar-refractivity contribution in [3.8, 4) is 0 Å². The summed E-state index contributed by atoms with van der Waals surface area (Å²) in [4.78, 5) is 26.3. The number of carboxylic acid groups (broad SMARTS) is 1. The summed E-state index contributed by atoms with van der Waals surface area (Å²) in [5.74, 6) is 2.56. The number of hydrogen-bond acceptors (Lipinski definition) is 3. The SMILES string of the molecule is C=C(C)[C@@H]1CC[C@]2(NCCCN3CCCC3=O)CC[C@]3(C)[C@H](CC[C@@H]4C[C@H](C(C)(C)/C(=C\CCC)C5=CC[C@](CF)(C(=O)O)CC5)CC[C@]43C)[C@@H]12. The second kappa shape index (κ2) is 14.7. The lowest BCUT2D eigenvalue weighted by Crippen LogP contribution is -2.65. The predicted molar refractivity (Wildman–Crippen MR) is 206 cm³/mol. The molecule has 9 atom stereocenters. The number of hydrogen-bond donors (Lipinski definition) is 2. The molecule has 0 unspecified atom stereocenters. The lowest BCUT2D eigenvalue weighted by molar-refractivity contribution is -0.176. The van der Waals surface area contributed by atoms with Crippen LogP contribution in [0.2, 0.25) is 0 Å². The Bertz CT molecular complexity index is 1400. The van der Waals surface area contributed by atoms with Crippen LogP contribution in [-0.2, 0) is 9.59 Å². The number of alkyl halides is 1. The standard InChI is InChI=1S/C45H71FN2O3/c1-8-9-12-36(32-16-21-44(30-46,22-17-32)40(50)51)41(4,5)33-18-20-42(6)34(29-33)14-15-37-39-35(31(2)3)19-23-45(39,25-24-43(37,42)7)47-26-11-28-48-27-10-13-38(48)49/h12,16,33-35,37,39,47H,2,8-11,13-15,17-30H2,1,3-7H3,(H,50,51)/b36-12-/t33-,34-,35+,37-,39-,42-,43-,44+,45+/m1/s1. The summed E-state index contributed by atoms with van der Waals surface area (Å²) in [5.41, 5.74) is 3.61. The molecular formula is C45H71FN2O3. The largest absolute Gasteiger partial charge is 0.481 e. The average Bonchev–Trinajstić information content (AvgIpc) is 3.70. The molecule has 1 saturated heterocycles. The van der Waals surface area contributed by atoms with Crippen molar-refractivity contribution >= 4 is 11.9 Å². The van der Waals surface area contributed by atoms with Gasteiger partial charge in [-0.2, -0.15) is 0 Å². The molecule has 286 valence electrons. The Balaban J connectivity index is 1.19. The summed E-state index contributed by atoms with van der Waals surface area (Å²) in [5, 5.41) is 14.1. The van der Waals surface area contributed by atoms with Crippen LogP contribution in [-0.4, -0.2) is 53.7 Å². The van der Waals surface area contributed by atoms with Crippen LogP contribution in [0.4, 0.5) is 4.39 Å². The van der Waals surface area contributed by atoms with Crippen molar-refractivity contribution in [1.29, 1.82) is 0 Å². The number of carbonyl (C=O) groups excluding carboxylic acids is 1. The number of aliphatic carboxylic acids is 1. The molecule has 5 fully saturated rings. The van der Waals surface area contributed by atoms with Gasteiger partial charge < -0.3 is 15.3 Å². The highest BCUT2D eigenvalue weighted by molar-refractivity contribution is 5.78. The zero-order chi connectivity index (χ0) is 36.8. The Morgan fingerprint density at radius 3 is 2.51 bits per heavy atom. The van der Waals surface area contributed by atoms with E-state index >= 15 is 0 Å². The summed E-state index contributed by atoms with van der Waals surface area (Å²) in [7, 11) is 0. The Morgan fingerprint density at radius 1 is 1.10 bits per heavy atom. The average molecular weight is 707 g/mol. The van der Waals surface area contributed by atoms with Gasteiger partial charge in [0.1, 0.15) is 6.67 Å². The van der Waals surface area contributed by atoms with Crippen LogP contribution in [0.1, 0.15) is 151 Å². The fraction of sp³-hybridized carbons (Fsp3) is 0.822. The van der Waals surface area contributed by atoms with Gasteiger partial charge in [-0.05, 0) is 167 Å². The van der Waals surface area contributed by atoms with Crippen LogP contribution < -0.4 is 5.32 Å². The van der Waals surface area contributed by atoms with Crippen LogP contribution in [0.5, 0.6) is 0 Å². The molecule has 0 aromatic carbocycles. The van der Waals surface area contributed by atoms with Gasteiger partial charge in [0.15, 0.2) is 0 Å². The number of rotatable bonds is 13. The first-order valence-electron chi connectivity index (χ1n) is 21.1. The van der Waals surface area contributed by atoms with Gasteiger partial charge in [-0.25, -0.2) is 4.39 Å². The van der Waals surface area contributed by atoms with Gasteiger partial charge in [0.05, 0.1) is 5.41 Å². The lowest BCUT2D eigenvalue weighted by Gasteiger charge is -2.68. The van der Waals surface area contributed by atoms with Gasteiger partial charge in [-0.1, -0.05) is 65.3 Å². The zero-order valence-corrected chi connectivity index (χ0v) is 33.2. The van der Waals surface area contributed by atoms with Crippen molar-refractivity contribution < 1.29 is 19.1 Å². The summed E-state index contributed by atoms with van der Waals surface area (Å²) in [6.45, 7) is 21.4. The molecule has 4 saturated carbocycles. The van der Waals surface area contributed by atoms with Crippen molar-refractivity contribution in [2.24, 2.45) is 51.2 Å². The molecule has 1 heterocycles. The molecule has 5 aliphatic carbocycles. The van der Waals surface area contributed by atoms with Crippen LogP contribution >= 0.6 is 0 Å². The molecule has 6 aliphatic rings.